The van der Waals surface area contributed by atoms with E-state index in [-0.39, 0.29) is 0 Å². The van der Waals surface area contributed by atoms with Crippen LogP contribution in [-0.4, -0.2) is 17.9 Å². The first-order chi connectivity index (χ1) is 5.71. The Morgan fingerprint density at radius 1 is 1.31 bits per heavy atom. The number of alkyl halides is 5. The Morgan fingerprint density at radius 3 is 2.08 bits per heavy atom. The van der Waals surface area contributed by atoms with Crippen molar-refractivity contribution in [3.63, 3.8) is 0 Å². The first-order valence-corrected chi connectivity index (χ1v) is 3.68. The third-order valence-electron chi connectivity index (χ3n) is 1.96. The van der Waals surface area contributed by atoms with Gasteiger partial charge < -0.3 is 0 Å². The van der Waals surface area contributed by atoms with Gasteiger partial charge in [-0.25, -0.2) is 8.78 Å². The van der Waals surface area contributed by atoms with Crippen LogP contribution in [0.15, 0.2) is 0 Å². The van der Waals surface area contributed by atoms with E-state index >= 15 is 0 Å². The SMILES string of the molecule is O=C(CC1CC(F)(F)C1)C(F)(F)F. The van der Waals surface area contributed by atoms with Gasteiger partial charge >= 0.3 is 6.18 Å². The number of hydrogen-bond acceptors (Lipinski definition) is 1. The zero-order valence-electron chi connectivity index (χ0n) is 6.50. The maximum absolute atomic E-state index is 12.1. The van der Waals surface area contributed by atoms with Gasteiger partial charge in [-0.2, -0.15) is 13.2 Å². The highest BCUT2D eigenvalue weighted by molar-refractivity contribution is 5.84. The summed E-state index contributed by atoms with van der Waals surface area (Å²) in [5, 5.41) is 0. The van der Waals surface area contributed by atoms with Crippen molar-refractivity contribution >= 4 is 5.78 Å². The van der Waals surface area contributed by atoms with Crippen LogP contribution in [0.2, 0.25) is 0 Å². The summed E-state index contributed by atoms with van der Waals surface area (Å²) in [4.78, 5) is 10.3. The van der Waals surface area contributed by atoms with Gasteiger partial charge in [0.2, 0.25) is 11.7 Å². The topological polar surface area (TPSA) is 17.1 Å². The minimum atomic E-state index is -4.88. The highest BCUT2D eigenvalue weighted by atomic mass is 19.4. The van der Waals surface area contributed by atoms with Crippen molar-refractivity contribution < 1.29 is 26.7 Å². The van der Waals surface area contributed by atoms with Gasteiger partial charge in [0, 0.05) is 19.3 Å². The van der Waals surface area contributed by atoms with Crippen LogP contribution >= 0.6 is 0 Å². The van der Waals surface area contributed by atoms with E-state index in [1.54, 1.807) is 0 Å². The molecule has 1 fully saturated rings. The quantitative estimate of drug-likeness (QED) is 0.629. The Morgan fingerprint density at radius 2 is 1.77 bits per heavy atom. The minimum absolute atomic E-state index is 0.602. The summed E-state index contributed by atoms with van der Waals surface area (Å²) in [6.45, 7) is 0. The molecule has 1 rings (SSSR count). The molecule has 1 aliphatic rings. The fraction of sp³-hybridized carbons (Fsp3) is 0.857. The monoisotopic (exact) mass is 202 g/mol. The molecule has 0 radical (unpaired) electrons. The van der Waals surface area contributed by atoms with Crippen molar-refractivity contribution in [1.82, 2.24) is 0 Å². The van der Waals surface area contributed by atoms with E-state index in [4.69, 9.17) is 0 Å². The molecule has 0 aromatic carbocycles. The molecule has 0 aromatic heterocycles. The summed E-state index contributed by atoms with van der Waals surface area (Å²) in [6.07, 6.45) is -6.90. The fourth-order valence-electron chi connectivity index (χ4n) is 1.31. The number of hydrogen-bond donors (Lipinski definition) is 0. The summed E-state index contributed by atoms with van der Waals surface area (Å²) in [5.41, 5.74) is 0. The van der Waals surface area contributed by atoms with E-state index in [1.807, 2.05) is 0 Å². The van der Waals surface area contributed by atoms with Gasteiger partial charge in [-0.05, 0) is 5.92 Å². The fourth-order valence-corrected chi connectivity index (χ4v) is 1.31. The summed E-state index contributed by atoms with van der Waals surface area (Å²) >= 11 is 0. The van der Waals surface area contributed by atoms with E-state index < -0.39 is 43.1 Å². The van der Waals surface area contributed by atoms with Crippen LogP contribution in [-0.2, 0) is 4.79 Å². The molecule has 0 N–H and O–H groups in total. The second-order valence-corrected chi connectivity index (χ2v) is 3.26. The summed E-state index contributed by atoms with van der Waals surface area (Å²) in [7, 11) is 0. The third-order valence-corrected chi connectivity index (χ3v) is 1.96. The van der Waals surface area contributed by atoms with Gasteiger partial charge in [-0.15, -0.1) is 0 Å². The molecular formula is C7H7F5O. The minimum Gasteiger partial charge on any atom is -0.290 e. The zero-order chi connectivity index (χ0) is 10.3. The maximum atomic E-state index is 12.1. The summed E-state index contributed by atoms with van der Waals surface area (Å²) in [5.74, 6) is -5.58. The van der Waals surface area contributed by atoms with Crippen LogP contribution in [0.3, 0.4) is 0 Å². The van der Waals surface area contributed by atoms with Crippen LogP contribution in [0.1, 0.15) is 19.3 Å². The molecular weight excluding hydrogens is 195 g/mol. The molecule has 0 unspecified atom stereocenters. The molecule has 13 heavy (non-hydrogen) atoms. The number of rotatable bonds is 2. The third kappa shape index (κ3) is 2.63. The van der Waals surface area contributed by atoms with E-state index in [0.717, 1.165) is 0 Å². The highest BCUT2D eigenvalue weighted by Crippen LogP contribution is 2.44. The zero-order valence-corrected chi connectivity index (χ0v) is 6.50. The number of Topliss-reactive ketones (excluding diaryl/α,β-unsaturated/α-hetero) is 1. The lowest BCUT2D eigenvalue weighted by molar-refractivity contribution is -0.177. The average Bonchev–Trinajstić information content (AvgIpc) is 1.80. The number of ketones is 1. The predicted octanol–water partition coefficient (Wildman–Crippen LogP) is 2.55. The number of halogens is 5. The molecule has 0 amide bonds. The van der Waals surface area contributed by atoms with Crippen molar-refractivity contribution in [1.29, 1.82) is 0 Å². The molecule has 0 heterocycles. The van der Waals surface area contributed by atoms with Crippen molar-refractivity contribution in [3.8, 4) is 0 Å². The van der Waals surface area contributed by atoms with Gasteiger partial charge in [-0.3, -0.25) is 4.79 Å². The van der Waals surface area contributed by atoms with Crippen molar-refractivity contribution in [2.75, 3.05) is 0 Å². The van der Waals surface area contributed by atoms with Crippen molar-refractivity contribution in [2.24, 2.45) is 5.92 Å². The molecule has 0 atom stereocenters. The number of carbonyl (C=O) groups excluding carboxylic acids is 1. The lowest BCUT2D eigenvalue weighted by Crippen LogP contribution is -2.38. The van der Waals surface area contributed by atoms with Gasteiger partial charge in [0.15, 0.2) is 0 Å². The van der Waals surface area contributed by atoms with Crippen molar-refractivity contribution in [2.45, 2.75) is 31.4 Å². The first-order valence-electron chi connectivity index (χ1n) is 3.68. The lowest BCUT2D eigenvalue weighted by atomic mass is 9.78. The predicted molar refractivity (Wildman–Crippen MR) is 33.4 cm³/mol. The molecule has 1 nitrogen and oxygen atoms in total. The van der Waals surface area contributed by atoms with E-state index in [9.17, 15) is 26.7 Å². The Labute approximate surface area is 70.9 Å². The molecule has 76 valence electrons. The average molecular weight is 202 g/mol. The molecule has 0 aliphatic heterocycles. The largest absolute Gasteiger partial charge is 0.449 e. The van der Waals surface area contributed by atoms with Gasteiger partial charge in [-0.1, -0.05) is 0 Å². The standard InChI is InChI=1S/C7H7F5O/c8-6(9)2-4(3-6)1-5(13)7(10,11)12/h4H,1-3H2. The van der Waals surface area contributed by atoms with Crippen molar-refractivity contribution in [3.05, 3.63) is 0 Å². The molecule has 6 heteroatoms. The lowest BCUT2D eigenvalue weighted by Gasteiger charge is -2.34. The van der Waals surface area contributed by atoms with Crippen LogP contribution in [0, 0.1) is 5.92 Å². The van der Waals surface area contributed by atoms with Crippen LogP contribution in [0.25, 0.3) is 0 Å². The second kappa shape index (κ2) is 2.92. The Kier molecular flexibility index (Phi) is 2.34. The number of carbonyl (C=O) groups is 1. The second-order valence-electron chi connectivity index (χ2n) is 3.26. The Balaban J connectivity index is 2.33. The highest BCUT2D eigenvalue weighted by Gasteiger charge is 2.49. The molecule has 0 aromatic rings. The normalized spacial score (nSPS) is 22.5. The van der Waals surface area contributed by atoms with E-state index in [2.05, 4.69) is 0 Å². The first kappa shape index (κ1) is 10.4. The Bertz CT molecular complexity index is 211. The molecule has 0 bridgehead atoms. The molecule has 0 saturated heterocycles. The van der Waals surface area contributed by atoms with Gasteiger partial charge in [0.1, 0.15) is 0 Å². The molecule has 1 saturated carbocycles. The van der Waals surface area contributed by atoms with Crippen LogP contribution < -0.4 is 0 Å². The summed E-state index contributed by atoms with van der Waals surface area (Å²) in [6, 6.07) is 0. The smallest absolute Gasteiger partial charge is 0.290 e. The van der Waals surface area contributed by atoms with Gasteiger partial charge in [0.05, 0.1) is 0 Å². The summed E-state index contributed by atoms with van der Waals surface area (Å²) < 4.78 is 59.2. The van der Waals surface area contributed by atoms with Crippen LogP contribution in [0.5, 0.6) is 0 Å². The Hall–Kier alpha value is -0.680. The maximum Gasteiger partial charge on any atom is 0.449 e. The van der Waals surface area contributed by atoms with Crippen LogP contribution in [0.4, 0.5) is 22.0 Å². The van der Waals surface area contributed by atoms with E-state index in [1.165, 1.54) is 0 Å². The van der Waals surface area contributed by atoms with E-state index in [0.29, 0.717) is 0 Å². The van der Waals surface area contributed by atoms with Gasteiger partial charge in [0.25, 0.3) is 0 Å². The molecule has 0 spiro atoms. The molecule has 1 aliphatic carbocycles.